The molecule has 4 rings (SSSR count). The first kappa shape index (κ1) is 23.6. The van der Waals surface area contributed by atoms with E-state index in [1.165, 1.54) is 24.8 Å². The van der Waals surface area contributed by atoms with Crippen molar-refractivity contribution in [3.05, 3.63) is 76.1 Å². The molecular formula is C27H36BN3O2. The van der Waals surface area contributed by atoms with Gasteiger partial charge in [-0.25, -0.2) is 0 Å². The van der Waals surface area contributed by atoms with Crippen LogP contribution < -0.4 is 10.3 Å². The van der Waals surface area contributed by atoms with Crippen LogP contribution in [0, 0.1) is 6.92 Å². The second kappa shape index (κ2) is 11.0. The van der Waals surface area contributed by atoms with Crippen LogP contribution >= 0.6 is 0 Å². The van der Waals surface area contributed by atoms with Gasteiger partial charge in [0.15, 0.2) is 7.98 Å². The van der Waals surface area contributed by atoms with Crippen LogP contribution in [0.2, 0.25) is 0 Å². The summed E-state index contributed by atoms with van der Waals surface area (Å²) in [5, 5.41) is 1.12. The van der Waals surface area contributed by atoms with Crippen LogP contribution in [0.4, 0.5) is 0 Å². The van der Waals surface area contributed by atoms with Crippen LogP contribution in [0.3, 0.4) is 0 Å². The standard InChI is InChI=1S/C27H36BN3O2/c1-21-19-27(32)30(26-20-24(33-2)10-11-25(21)26)18-17-29-15-12-23(13-16-29)31(28)14-6-9-22-7-4-3-5-8-22/h3-5,7-8,10-11,19-20,23H,6,9,12-18,28H2,1-2H3. The quantitative estimate of drug-likeness (QED) is 0.474. The molecule has 2 aromatic carbocycles. The number of likely N-dealkylation sites (tertiary alicyclic amines) is 1. The Kier molecular flexibility index (Phi) is 7.89. The van der Waals surface area contributed by atoms with Crippen LogP contribution in [0.15, 0.2) is 59.4 Å². The van der Waals surface area contributed by atoms with Crippen molar-refractivity contribution in [1.82, 2.24) is 14.3 Å². The number of nitrogens with zero attached hydrogens (tertiary/aromatic N) is 3. The molecule has 2 heterocycles. The maximum Gasteiger partial charge on any atom is 0.251 e. The molecule has 0 atom stereocenters. The van der Waals surface area contributed by atoms with Gasteiger partial charge in [-0.05, 0) is 75.5 Å². The van der Waals surface area contributed by atoms with Gasteiger partial charge in [-0.3, -0.25) is 4.79 Å². The molecule has 174 valence electrons. The van der Waals surface area contributed by atoms with Gasteiger partial charge in [0.05, 0.1) is 12.6 Å². The van der Waals surface area contributed by atoms with Crippen molar-refractivity contribution in [2.45, 2.75) is 45.2 Å². The lowest BCUT2D eigenvalue weighted by Crippen LogP contribution is -2.45. The third kappa shape index (κ3) is 5.87. The van der Waals surface area contributed by atoms with Crippen LogP contribution in [-0.4, -0.2) is 61.6 Å². The molecule has 1 aliphatic rings. The molecule has 0 N–H and O–H groups in total. The van der Waals surface area contributed by atoms with Gasteiger partial charge in [-0.1, -0.05) is 30.3 Å². The lowest BCUT2D eigenvalue weighted by atomic mass is 9.99. The summed E-state index contributed by atoms with van der Waals surface area (Å²) in [7, 11) is 3.94. The zero-order valence-corrected chi connectivity index (χ0v) is 20.3. The van der Waals surface area contributed by atoms with Gasteiger partial charge in [0.2, 0.25) is 0 Å². The Bertz CT molecular complexity index is 1110. The molecule has 6 heteroatoms. The van der Waals surface area contributed by atoms with Crippen molar-refractivity contribution >= 4 is 18.9 Å². The van der Waals surface area contributed by atoms with Gasteiger partial charge >= 0.3 is 0 Å². The predicted octanol–water partition coefficient (Wildman–Crippen LogP) is 3.27. The Morgan fingerprint density at radius 2 is 1.82 bits per heavy atom. The van der Waals surface area contributed by atoms with Crippen molar-refractivity contribution in [3.8, 4) is 5.75 Å². The first-order valence-electron chi connectivity index (χ1n) is 12.2. The summed E-state index contributed by atoms with van der Waals surface area (Å²) in [6.45, 7) is 6.94. The molecule has 33 heavy (non-hydrogen) atoms. The number of methoxy groups -OCH3 is 1. The van der Waals surface area contributed by atoms with Crippen molar-refractivity contribution in [2.24, 2.45) is 0 Å². The maximum absolute atomic E-state index is 12.8. The minimum atomic E-state index is 0.0706. The summed E-state index contributed by atoms with van der Waals surface area (Å²) in [5.74, 6) is 0.789. The Balaban J connectivity index is 1.29. The summed E-state index contributed by atoms with van der Waals surface area (Å²) >= 11 is 0. The van der Waals surface area contributed by atoms with E-state index in [1.807, 2.05) is 23.6 Å². The summed E-state index contributed by atoms with van der Waals surface area (Å²) in [6, 6.07) is 19.2. The Morgan fingerprint density at radius 3 is 2.55 bits per heavy atom. The van der Waals surface area contributed by atoms with E-state index in [0.29, 0.717) is 12.6 Å². The van der Waals surface area contributed by atoms with E-state index in [2.05, 4.69) is 54.1 Å². The molecular weight excluding hydrogens is 409 g/mol. The van der Waals surface area contributed by atoms with Crippen LogP contribution in [-0.2, 0) is 13.0 Å². The normalized spacial score (nSPS) is 15.4. The van der Waals surface area contributed by atoms with Crippen LogP contribution in [0.1, 0.15) is 30.4 Å². The summed E-state index contributed by atoms with van der Waals surface area (Å²) in [6.07, 6.45) is 4.74. The highest BCUT2D eigenvalue weighted by Crippen LogP contribution is 2.22. The number of hydrogen-bond acceptors (Lipinski definition) is 4. The Labute approximate surface area is 198 Å². The fraction of sp³-hybridized carbons (Fsp3) is 0.444. The summed E-state index contributed by atoms with van der Waals surface area (Å²) < 4.78 is 7.32. The lowest BCUT2D eigenvalue weighted by Gasteiger charge is -2.37. The molecule has 0 radical (unpaired) electrons. The van der Waals surface area contributed by atoms with Gasteiger partial charge in [-0.15, -0.1) is 0 Å². The molecule has 0 amide bonds. The number of aryl methyl sites for hydroxylation is 2. The fourth-order valence-electron chi connectivity index (χ4n) is 5.07. The molecule has 3 aromatic rings. The van der Waals surface area contributed by atoms with E-state index in [1.54, 1.807) is 13.2 Å². The molecule has 1 aliphatic heterocycles. The van der Waals surface area contributed by atoms with E-state index >= 15 is 0 Å². The number of fused-ring (bicyclic) bond motifs is 1. The zero-order chi connectivity index (χ0) is 23.2. The monoisotopic (exact) mass is 445 g/mol. The highest BCUT2D eigenvalue weighted by molar-refractivity contribution is 6.04. The Hall–Kier alpha value is -2.57. The number of aromatic nitrogens is 1. The SMILES string of the molecule is BN(CCCc1ccccc1)C1CCN(CCn2c(=O)cc(C)c3ccc(OC)cc32)CC1. The molecule has 5 nitrogen and oxygen atoms in total. The summed E-state index contributed by atoms with van der Waals surface area (Å²) in [4.78, 5) is 17.8. The smallest absolute Gasteiger partial charge is 0.251 e. The molecule has 0 aliphatic carbocycles. The van der Waals surface area contributed by atoms with Crippen LogP contribution in [0.25, 0.3) is 10.9 Å². The summed E-state index contributed by atoms with van der Waals surface area (Å²) in [5.41, 5.74) is 3.48. The van der Waals surface area contributed by atoms with Crippen molar-refractivity contribution in [2.75, 3.05) is 33.3 Å². The minimum absolute atomic E-state index is 0.0706. The fourth-order valence-corrected chi connectivity index (χ4v) is 5.07. The number of piperidine rings is 1. The van der Waals surface area contributed by atoms with Gasteiger partial charge in [0, 0.05) is 36.7 Å². The Morgan fingerprint density at radius 1 is 1.06 bits per heavy atom. The number of rotatable bonds is 9. The molecule has 0 spiro atoms. The van der Waals surface area contributed by atoms with Crippen molar-refractivity contribution in [3.63, 3.8) is 0 Å². The van der Waals surface area contributed by atoms with E-state index < -0.39 is 0 Å². The van der Waals surface area contributed by atoms with Gasteiger partial charge < -0.3 is 19.0 Å². The van der Waals surface area contributed by atoms with Gasteiger partial charge in [-0.2, -0.15) is 0 Å². The molecule has 0 unspecified atom stereocenters. The second-order valence-electron chi connectivity index (χ2n) is 9.34. The van der Waals surface area contributed by atoms with E-state index in [9.17, 15) is 4.79 Å². The average Bonchev–Trinajstić information content (AvgIpc) is 2.84. The number of benzene rings is 2. The van der Waals surface area contributed by atoms with E-state index in [4.69, 9.17) is 4.74 Å². The van der Waals surface area contributed by atoms with Crippen molar-refractivity contribution in [1.29, 1.82) is 0 Å². The molecule has 0 bridgehead atoms. The van der Waals surface area contributed by atoms with Crippen molar-refractivity contribution < 1.29 is 4.74 Å². The minimum Gasteiger partial charge on any atom is -0.497 e. The van der Waals surface area contributed by atoms with E-state index in [-0.39, 0.29) is 5.56 Å². The second-order valence-corrected chi connectivity index (χ2v) is 9.34. The molecule has 1 fully saturated rings. The largest absolute Gasteiger partial charge is 0.497 e. The highest BCUT2D eigenvalue weighted by Gasteiger charge is 2.22. The third-order valence-electron chi connectivity index (χ3n) is 7.17. The number of ether oxygens (including phenoxy) is 1. The van der Waals surface area contributed by atoms with E-state index in [0.717, 1.165) is 54.8 Å². The van der Waals surface area contributed by atoms with Crippen LogP contribution in [0.5, 0.6) is 5.75 Å². The first-order valence-corrected chi connectivity index (χ1v) is 12.2. The topological polar surface area (TPSA) is 37.7 Å². The molecule has 1 aromatic heterocycles. The number of pyridine rings is 1. The lowest BCUT2D eigenvalue weighted by molar-refractivity contribution is 0.156. The first-order chi connectivity index (χ1) is 16.0. The maximum atomic E-state index is 12.8. The number of hydrogen-bond donors (Lipinski definition) is 0. The van der Waals surface area contributed by atoms with Gasteiger partial charge in [0.1, 0.15) is 5.75 Å². The average molecular weight is 445 g/mol. The molecule has 0 saturated carbocycles. The third-order valence-corrected chi connectivity index (χ3v) is 7.17. The van der Waals surface area contributed by atoms with Gasteiger partial charge in [0.25, 0.3) is 5.56 Å². The zero-order valence-electron chi connectivity index (χ0n) is 20.3. The molecule has 1 saturated heterocycles. The predicted molar refractivity (Wildman–Crippen MR) is 139 cm³/mol. The highest BCUT2D eigenvalue weighted by atomic mass is 16.5.